The molecule has 0 unspecified atom stereocenters. The molecule has 0 aromatic rings. The van der Waals surface area contributed by atoms with Gasteiger partial charge >= 0.3 is 0 Å². The lowest BCUT2D eigenvalue weighted by Crippen LogP contribution is -2.66. The summed E-state index contributed by atoms with van der Waals surface area (Å²) < 4.78 is 15.6. The molecule has 0 bridgehead atoms. The zero-order chi connectivity index (χ0) is 17.3. The largest absolute Gasteiger partial charge is 0.394 e. The molecule has 0 aromatic heterocycles. The normalized spacial score (nSPS) is 51.7. The molecule has 11 nitrogen and oxygen atoms in total. The molecule has 9 N–H and O–H groups in total. The Morgan fingerprint density at radius 1 is 0.783 bits per heavy atom. The van der Waals surface area contributed by atoms with Gasteiger partial charge in [-0.1, -0.05) is 0 Å². The fraction of sp³-hybridized carbons (Fsp3) is 1.00. The summed E-state index contributed by atoms with van der Waals surface area (Å²) in [6, 6.07) is -1.22. The number of aliphatic hydroxyl groups is 7. The average Bonchev–Trinajstić information content (AvgIpc) is 2.55. The van der Waals surface area contributed by atoms with Crippen molar-refractivity contribution < 1.29 is 50.0 Å². The molecule has 136 valence electrons. The van der Waals surface area contributed by atoms with E-state index in [0.717, 1.165) is 0 Å². The van der Waals surface area contributed by atoms with Gasteiger partial charge in [0.15, 0.2) is 12.6 Å². The molecule has 10 atom stereocenters. The first-order valence-electron chi connectivity index (χ1n) is 7.15. The Balaban J connectivity index is 2.11. The average molecular weight is 341 g/mol. The molecule has 2 saturated heterocycles. The van der Waals surface area contributed by atoms with E-state index in [0.29, 0.717) is 0 Å². The molecule has 2 aliphatic heterocycles. The first-order chi connectivity index (χ1) is 10.8. The van der Waals surface area contributed by atoms with Crippen LogP contribution in [-0.2, 0) is 14.2 Å². The van der Waals surface area contributed by atoms with Crippen LogP contribution in [0, 0.1) is 0 Å². The summed E-state index contributed by atoms with van der Waals surface area (Å²) in [5.41, 5.74) is 5.70. The van der Waals surface area contributed by atoms with Gasteiger partial charge in [0.1, 0.15) is 42.7 Å². The molecule has 0 radical (unpaired) electrons. The van der Waals surface area contributed by atoms with Crippen LogP contribution in [0.2, 0.25) is 0 Å². The van der Waals surface area contributed by atoms with Crippen molar-refractivity contribution in [1.82, 2.24) is 0 Å². The summed E-state index contributed by atoms with van der Waals surface area (Å²) in [4.78, 5) is 0. The van der Waals surface area contributed by atoms with Gasteiger partial charge in [-0.3, -0.25) is 0 Å². The van der Waals surface area contributed by atoms with Gasteiger partial charge in [-0.15, -0.1) is 0 Å². The second-order valence-electron chi connectivity index (χ2n) is 5.61. The molecule has 2 heterocycles. The second kappa shape index (κ2) is 7.63. The number of nitrogens with two attached hydrogens (primary N) is 1. The van der Waals surface area contributed by atoms with E-state index in [9.17, 15) is 30.6 Å². The molecule has 0 aromatic carbocycles. The molecule has 2 aliphatic rings. The lowest BCUT2D eigenvalue weighted by Gasteiger charge is -2.45. The highest BCUT2D eigenvalue weighted by Gasteiger charge is 2.49. The van der Waals surface area contributed by atoms with Crippen LogP contribution in [0.1, 0.15) is 0 Å². The minimum absolute atomic E-state index is 0.612. The third-order valence-electron chi connectivity index (χ3n) is 4.06. The van der Waals surface area contributed by atoms with Crippen LogP contribution < -0.4 is 5.73 Å². The minimum atomic E-state index is -1.71. The second-order valence-corrected chi connectivity index (χ2v) is 5.61. The van der Waals surface area contributed by atoms with Gasteiger partial charge in [0.05, 0.1) is 19.3 Å². The molecule has 0 spiro atoms. The molecular weight excluding hydrogens is 318 g/mol. The molecule has 0 aliphatic carbocycles. The predicted molar refractivity (Wildman–Crippen MR) is 70.6 cm³/mol. The predicted octanol–water partition coefficient (Wildman–Crippen LogP) is -5.43. The number of hydrogen-bond donors (Lipinski definition) is 8. The quantitative estimate of drug-likeness (QED) is 0.243. The maximum Gasteiger partial charge on any atom is 0.184 e. The number of ether oxygens (including phenoxy) is 3. The fourth-order valence-electron chi connectivity index (χ4n) is 2.62. The van der Waals surface area contributed by atoms with Crippen molar-refractivity contribution in [3.8, 4) is 0 Å². The Kier molecular flexibility index (Phi) is 6.27. The third kappa shape index (κ3) is 3.65. The van der Waals surface area contributed by atoms with Crippen molar-refractivity contribution in [3.63, 3.8) is 0 Å². The van der Waals surface area contributed by atoms with Gasteiger partial charge in [0.2, 0.25) is 0 Å². The van der Waals surface area contributed by atoms with Crippen molar-refractivity contribution in [2.24, 2.45) is 5.73 Å². The van der Waals surface area contributed by atoms with Crippen LogP contribution in [0.15, 0.2) is 0 Å². The van der Waals surface area contributed by atoms with Gasteiger partial charge < -0.3 is 55.7 Å². The van der Waals surface area contributed by atoms with Crippen molar-refractivity contribution in [3.05, 3.63) is 0 Å². The number of aliphatic hydroxyl groups excluding tert-OH is 7. The Morgan fingerprint density at radius 2 is 1.39 bits per heavy atom. The summed E-state index contributed by atoms with van der Waals surface area (Å²) >= 11 is 0. The van der Waals surface area contributed by atoms with Crippen molar-refractivity contribution in [1.29, 1.82) is 0 Å². The first kappa shape index (κ1) is 18.9. The third-order valence-corrected chi connectivity index (χ3v) is 4.06. The zero-order valence-electron chi connectivity index (χ0n) is 12.1. The van der Waals surface area contributed by atoms with Crippen LogP contribution in [0.4, 0.5) is 0 Å². The van der Waals surface area contributed by atoms with E-state index in [4.69, 9.17) is 25.1 Å². The number of hydrogen-bond acceptors (Lipinski definition) is 11. The van der Waals surface area contributed by atoms with Crippen molar-refractivity contribution in [2.45, 2.75) is 61.3 Å². The maximum absolute atomic E-state index is 9.98. The van der Waals surface area contributed by atoms with Crippen LogP contribution in [-0.4, -0.2) is 110 Å². The number of rotatable bonds is 4. The molecule has 23 heavy (non-hydrogen) atoms. The van der Waals surface area contributed by atoms with Gasteiger partial charge in [0, 0.05) is 0 Å². The van der Waals surface area contributed by atoms with Crippen molar-refractivity contribution in [2.75, 3.05) is 13.2 Å². The lowest BCUT2D eigenvalue weighted by molar-refractivity contribution is -0.339. The summed E-state index contributed by atoms with van der Waals surface area (Å²) in [5.74, 6) is 0. The van der Waals surface area contributed by atoms with E-state index in [1.807, 2.05) is 0 Å². The molecular formula is C12H23NO10. The van der Waals surface area contributed by atoms with E-state index in [2.05, 4.69) is 0 Å². The smallest absolute Gasteiger partial charge is 0.184 e. The van der Waals surface area contributed by atoms with E-state index >= 15 is 0 Å². The minimum Gasteiger partial charge on any atom is -0.394 e. The molecule has 11 heteroatoms. The highest BCUT2D eigenvalue weighted by molar-refractivity contribution is 4.95. The Hall–Kier alpha value is -0.440. The maximum atomic E-state index is 9.98. The van der Waals surface area contributed by atoms with E-state index in [1.165, 1.54) is 0 Å². The van der Waals surface area contributed by atoms with E-state index in [-0.39, 0.29) is 0 Å². The molecule has 2 rings (SSSR count). The molecule has 2 fully saturated rings. The standard InChI is InChI=1S/C12H23NO10/c13-5-7(17)6(16)3(1-14)22-12(5)23-10-4(2-15)21-11(20)9(19)8(10)18/h3-12,14-20H,1-2,13H2/t3-,4-,5-,6-,7-,8-,9+,10-,11-,12-/m1/s1. The Morgan fingerprint density at radius 3 is 1.96 bits per heavy atom. The van der Waals surface area contributed by atoms with Crippen LogP contribution in [0.25, 0.3) is 0 Å². The SMILES string of the molecule is N[C@H]1[C@@H](O[C@H]2[C@H](O)[C@H](O)[C@H](O)O[C@@H]2CO)O[C@H](CO)[C@@H](O)[C@@H]1O. The summed E-state index contributed by atoms with van der Waals surface area (Å²) in [7, 11) is 0. The van der Waals surface area contributed by atoms with Crippen LogP contribution >= 0.6 is 0 Å². The van der Waals surface area contributed by atoms with Gasteiger partial charge in [-0.05, 0) is 0 Å². The fourth-order valence-corrected chi connectivity index (χ4v) is 2.62. The monoisotopic (exact) mass is 341 g/mol. The van der Waals surface area contributed by atoms with Crippen molar-refractivity contribution >= 4 is 0 Å². The molecule has 0 amide bonds. The van der Waals surface area contributed by atoms with Gasteiger partial charge in [0.25, 0.3) is 0 Å². The van der Waals surface area contributed by atoms with Crippen LogP contribution in [0.5, 0.6) is 0 Å². The zero-order valence-corrected chi connectivity index (χ0v) is 12.1. The molecule has 0 saturated carbocycles. The Labute approximate surface area is 131 Å². The summed E-state index contributed by atoms with van der Waals surface area (Å²) in [6.45, 7) is -1.25. The topological polar surface area (TPSA) is 195 Å². The highest BCUT2D eigenvalue weighted by Crippen LogP contribution is 2.27. The van der Waals surface area contributed by atoms with E-state index < -0.39 is 74.6 Å². The highest BCUT2D eigenvalue weighted by atomic mass is 16.7. The van der Waals surface area contributed by atoms with E-state index in [1.54, 1.807) is 0 Å². The first-order valence-corrected chi connectivity index (χ1v) is 7.15. The van der Waals surface area contributed by atoms with Gasteiger partial charge in [-0.2, -0.15) is 0 Å². The van der Waals surface area contributed by atoms with Gasteiger partial charge in [-0.25, -0.2) is 0 Å². The Bertz CT molecular complexity index is 383. The summed E-state index contributed by atoms with van der Waals surface area (Å²) in [6.07, 6.45) is -12.9. The van der Waals surface area contributed by atoms with Crippen LogP contribution in [0.3, 0.4) is 0 Å². The summed E-state index contributed by atoms with van der Waals surface area (Å²) in [5, 5.41) is 67.0. The lowest BCUT2D eigenvalue weighted by atomic mass is 9.96.